The number of nitrogens with one attached hydrogen (secondary N) is 1. The summed E-state index contributed by atoms with van der Waals surface area (Å²) < 4.78 is 398. The third kappa shape index (κ3) is 6.86. The van der Waals surface area contributed by atoms with Crippen molar-refractivity contribution < 1.29 is 110 Å². The molecule has 2 unspecified atom stereocenters. The maximum atomic E-state index is 16.9. The van der Waals surface area contributed by atoms with Gasteiger partial charge in [0.15, 0.2) is 116 Å². The number of nitrogens with two attached hydrogens (primary N) is 1. The fraction of sp³-hybridized carbons (Fsp3) is 0.0364. The fourth-order valence-corrected chi connectivity index (χ4v) is 11.0. The van der Waals surface area contributed by atoms with Crippen molar-refractivity contribution in [3.63, 3.8) is 0 Å². The highest BCUT2D eigenvalue weighted by molar-refractivity contribution is 6.38. The number of allylic oxidation sites excluding steroid dienone is 4. The van der Waals surface area contributed by atoms with Crippen molar-refractivity contribution in [3.8, 4) is 0 Å². The molecule has 436 valence electrons. The van der Waals surface area contributed by atoms with Gasteiger partial charge in [-0.05, 0) is 35.4 Å². The number of benzene rings is 5. The first-order valence-electron chi connectivity index (χ1n) is 23.5. The van der Waals surface area contributed by atoms with E-state index in [1.807, 2.05) is 0 Å². The monoisotopic (exact) mass is 1230 g/mol. The lowest BCUT2D eigenvalue weighted by Gasteiger charge is -2.55. The quantitative estimate of drug-likeness (QED) is 0.102. The van der Waals surface area contributed by atoms with Crippen LogP contribution in [0.2, 0.25) is 0 Å². The van der Waals surface area contributed by atoms with Crippen molar-refractivity contribution >= 4 is 45.1 Å². The molecule has 5 aromatic carbocycles. The third-order valence-electron chi connectivity index (χ3n) is 14.8. The summed E-state index contributed by atoms with van der Waals surface area (Å²) in [5, 5.41) is -2.42. The first-order valence-corrected chi connectivity index (χ1v) is 23.5. The van der Waals surface area contributed by atoms with E-state index in [9.17, 15) is 13.2 Å². The van der Waals surface area contributed by atoms with Crippen LogP contribution in [-0.4, -0.2) is 39.2 Å². The molecule has 31 heteroatoms. The van der Waals surface area contributed by atoms with Gasteiger partial charge < -0.3 is 15.6 Å². The molecule has 0 radical (unpaired) electrons. The topological polar surface area (TPSA) is 82.1 Å². The van der Waals surface area contributed by atoms with E-state index in [0.29, 0.717) is 36.4 Å². The number of rotatable bonds is 5. The van der Waals surface area contributed by atoms with E-state index in [-0.39, 0.29) is 4.90 Å². The van der Waals surface area contributed by atoms with Crippen LogP contribution in [-0.2, 0) is 0 Å². The number of halogens is 25. The van der Waals surface area contributed by atoms with Gasteiger partial charge in [-0.15, -0.1) is 0 Å². The zero-order valence-corrected chi connectivity index (χ0v) is 40.4. The molecule has 6 nitrogen and oxygen atoms in total. The van der Waals surface area contributed by atoms with E-state index in [1.165, 1.54) is 0 Å². The molecule has 1 saturated heterocycles. The lowest BCUT2D eigenvalue weighted by atomic mass is 9.73. The standard InChI is InChI=1S/C55H11F25N6/c56-24-18(25(57)35(67)44(76)34(24)66)13-7-1-2-8(49(7)81)14(19-26(58)36(68)45(77)37(69)27(19)59)51-53-23-50(13)85-55-17(22-32(64)42(74)48(80)43(75)33(22)65)12-6-4-10(83-12)15(20-28(60)38(70)46(78)39(71)29(20)61)9-3-5-11(82-9)16(52(84-51)54(23)86(53)55)21-30(62)40(72)47(79)41(73)31(21)63/h1-6,49,54,83H,81H2. The van der Waals surface area contributed by atoms with E-state index < -0.39 is 281 Å². The zero-order chi connectivity index (χ0) is 61.9. The van der Waals surface area contributed by atoms with Crippen LogP contribution in [0.4, 0.5) is 110 Å². The lowest BCUT2D eigenvalue weighted by Crippen LogP contribution is -2.61. The van der Waals surface area contributed by atoms with Gasteiger partial charge in [0.05, 0.1) is 79.0 Å². The summed E-state index contributed by atoms with van der Waals surface area (Å²) in [6.07, 6.45) is 1.96. The summed E-state index contributed by atoms with van der Waals surface area (Å²) in [7, 11) is 0. The first kappa shape index (κ1) is 55.5. The molecule has 0 amide bonds. The minimum Gasteiger partial charge on any atom is -0.354 e. The van der Waals surface area contributed by atoms with Gasteiger partial charge >= 0.3 is 0 Å². The zero-order valence-electron chi connectivity index (χ0n) is 40.4. The molecule has 2 atom stereocenters. The molecule has 6 aromatic rings. The number of aromatic nitrogens is 1. The van der Waals surface area contributed by atoms with Crippen molar-refractivity contribution in [2.24, 2.45) is 20.7 Å². The number of aromatic amines is 1. The second-order valence-electron chi connectivity index (χ2n) is 19.0. The summed E-state index contributed by atoms with van der Waals surface area (Å²) >= 11 is 0. The minimum absolute atomic E-state index is 0.286. The average molecular weight is 1230 g/mol. The maximum absolute atomic E-state index is 16.9. The number of fused-ring (bicyclic) bond motifs is 5. The Morgan fingerprint density at radius 1 is 0.337 bits per heavy atom. The van der Waals surface area contributed by atoms with Gasteiger partial charge in [-0.2, -0.15) is 0 Å². The van der Waals surface area contributed by atoms with Gasteiger partial charge in [-0.3, -0.25) is 0 Å². The van der Waals surface area contributed by atoms with Crippen LogP contribution in [0.25, 0.3) is 27.9 Å². The Bertz CT molecular complexity index is 4750. The number of hydrogen-bond acceptors (Lipinski definition) is 5. The number of nitrogens with zero attached hydrogens (tertiary/aromatic N) is 4. The number of H-pyrrole nitrogens is 1. The SMILES string of the molecule is NC1C2=C(c3c(F)c(F)c(F)c(F)c3F)C3=C4C5=C(N=C6C(c7c(F)c(F)c(F)c(F)c7F)=C7C=CC(=N7)C(c7c(F)c(F)c(F)c(F)c7F)=c7ccc([nH]7)=C(c7c(F)c(F)c(F)c(F)c7F)C(=N3)N5C64)C(c3c(F)c(F)c(F)c(F)c3F)=C1C=C2. The molecule has 14 bridgehead atoms. The molecule has 9 aliphatic rings. The Morgan fingerprint density at radius 3 is 1.06 bits per heavy atom. The van der Waals surface area contributed by atoms with Crippen molar-refractivity contribution in [2.45, 2.75) is 12.1 Å². The molecule has 1 fully saturated rings. The number of hydrogen-bond donors (Lipinski definition) is 2. The van der Waals surface area contributed by atoms with E-state index in [1.54, 1.807) is 0 Å². The molecule has 86 heavy (non-hydrogen) atoms. The predicted octanol–water partition coefficient (Wildman–Crippen LogP) is 12.2. The summed E-state index contributed by atoms with van der Waals surface area (Å²) in [5.74, 6) is -73.2. The van der Waals surface area contributed by atoms with E-state index in [0.717, 1.165) is 0 Å². The van der Waals surface area contributed by atoms with Gasteiger partial charge in [-0.1, -0.05) is 12.2 Å². The summed E-state index contributed by atoms with van der Waals surface area (Å²) in [5.41, 5.74) is -24.2. The molecule has 3 N–H and O–H groups in total. The van der Waals surface area contributed by atoms with E-state index in [2.05, 4.69) is 20.0 Å². The second-order valence-corrected chi connectivity index (χ2v) is 19.0. The van der Waals surface area contributed by atoms with Crippen LogP contribution in [0.1, 0.15) is 27.8 Å². The van der Waals surface area contributed by atoms with Gasteiger partial charge in [0, 0.05) is 33.2 Å². The Labute approximate surface area is 456 Å². The van der Waals surface area contributed by atoms with Gasteiger partial charge in [0.1, 0.15) is 11.9 Å². The molecule has 0 saturated carbocycles. The molecule has 15 rings (SSSR count). The molecular weight excluding hydrogens is 1220 g/mol. The largest absolute Gasteiger partial charge is 0.354 e. The Kier molecular flexibility index (Phi) is 11.9. The molecule has 7 aliphatic heterocycles. The molecule has 1 aromatic heterocycles. The normalized spacial score (nSPS) is 18.4. The smallest absolute Gasteiger partial charge is 0.200 e. The van der Waals surface area contributed by atoms with Crippen LogP contribution in [0.3, 0.4) is 0 Å². The van der Waals surface area contributed by atoms with Crippen molar-refractivity contribution in [1.82, 2.24) is 9.88 Å². The lowest BCUT2D eigenvalue weighted by molar-refractivity contribution is 0.373. The highest BCUT2D eigenvalue weighted by atomic mass is 19.2. The third-order valence-corrected chi connectivity index (χ3v) is 14.8. The van der Waals surface area contributed by atoms with Crippen LogP contribution in [0.5, 0.6) is 0 Å². The molecule has 0 spiro atoms. The molecular formula is C55H11F25N6. The molecule has 8 heterocycles. The number of amidine groups is 1. The Morgan fingerprint density at radius 2 is 0.663 bits per heavy atom. The van der Waals surface area contributed by atoms with E-state index in [4.69, 9.17) is 5.73 Å². The second kappa shape index (κ2) is 18.4. The fourth-order valence-electron chi connectivity index (χ4n) is 11.0. The molecule has 2 aliphatic carbocycles. The first-order chi connectivity index (χ1) is 40.6. The Hall–Kier alpha value is -9.68. The maximum Gasteiger partial charge on any atom is 0.200 e. The van der Waals surface area contributed by atoms with Crippen LogP contribution >= 0.6 is 0 Å². The van der Waals surface area contributed by atoms with Crippen molar-refractivity contribution in [2.75, 3.05) is 0 Å². The van der Waals surface area contributed by atoms with E-state index >= 15 is 96.6 Å². The van der Waals surface area contributed by atoms with Crippen LogP contribution < -0.4 is 16.4 Å². The summed E-state index contributed by atoms with van der Waals surface area (Å²) in [4.78, 5) is 14.8. The Balaban J connectivity index is 1.34. The predicted molar refractivity (Wildman–Crippen MR) is 245 cm³/mol. The highest BCUT2D eigenvalue weighted by Crippen LogP contribution is 2.60. The van der Waals surface area contributed by atoms with Crippen LogP contribution in [0.15, 0.2) is 90.9 Å². The highest BCUT2D eigenvalue weighted by Gasteiger charge is 2.59. The minimum atomic E-state index is -2.96. The van der Waals surface area contributed by atoms with Crippen molar-refractivity contribution in [1.29, 1.82) is 0 Å². The summed E-state index contributed by atoms with van der Waals surface area (Å²) in [6, 6.07) is -4.24. The van der Waals surface area contributed by atoms with Gasteiger partial charge in [0.25, 0.3) is 0 Å². The van der Waals surface area contributed by atoms with Gasteiger partial charge in [0.2, 0.25) is 29.1 Å². The number of aliphatic imine (C=N–C) groups is 3. The average Bonchev–Trinajstić information content (AvgIpc) is 1.02. The van der Waals surface area contributed by atoms with Crippen molar-refractivity contribution in [3.05, 3.63) is 260 Å². The van der Waals surface area contributed by atoms with Gasteiger partial charge in [-0.25, -0.2) is 125 Å². The van der Waals surface area contributed by atoms with Crippen LogP contribution in [0, 0.1) is 145 Å². The summed E-state index contributed by atoms with van der Waals surface area (Å²) in [6.45, 7) is 0.